The summed E-state index contributed by atoms with van der Waals surface area (Å²) in [7, 11) is 0. The van der Waals surface area contributed by atoms with Crippen molar-refractivity contribution < 1.29 is 4.42 Å². The van der Waals surface area contributed by atoms with Crippen LogP contribution in [0, 0.1) is 0 Å². The molecule has 0 saturated heterocycles. The van der Waals surface area contributed by atoms with Crippen LogP contribution in [0.3, 0.4) is 0 Å². The highest BCUT2D eigenvalue weighted by atomic mass is 16.3. The molecule has 0 aliphatic heterocycles. The number of benzene rings is 8. The van der Waals surface area contributed by atoms with Crippen LogP contribution in [-0.4, -0.2) is 15.0 Å². The number of rotatable bonds is 6. The van der Waals surface area contributed by atoms with E-state index in [-0.39, 0.29) is 0 Å². The monoisotopic (exact) mass is 677 g/mol. The van der Waals surface area contributed by atoms with Gasteiger partial charge in [0.05, 0.1) is 0 Å². The number of aromatic nitrogens is 3. The number of para-hydroxylation sites is 1. The van der Waals surface area contributed by atoms with Gasteiger partial charge in [0.15, 0.2) is 17.5 Å². The second-order valence-electron chi connectivity index (χ2n) is 13.2. The van der Waals surface area contributed by atoms with Gasteiger partial charge >= 0.3 is 0 Å². The van der Waals surface area contributed by atoms with Crippen LogP contribution in [0.2, 0.25) is 0 Å². The molecular formula is C49H31N3O. The first-order valence-electron chi connectivity index (χ1n) is 17.8. The summed E-state index contributed by atoms with van der Waals surface area (Å²) in [6, 6.07) is 65.1. The lowest BCUT2D eigenvalue weighted by molar-refractivity contribution is 0.672. The highest BCUT2D eigenvalue weighted by Crippen LogP contribution is 2.41. The predicted molar refractivity (Wildman–Crippen MR) is 217 cm³/mol. The third-order valence-corrected chi connectivity index (χ3v) is 9.94. The van der Waals surface area contributed by atoms with Crippen LogP contribution in [0.15, 0.2) is 192 Å². The van der Waals surface area contributed by atoms with Crippen molar-refractivity contribution in [2.24, 2.45) is 0 Å². The van der Waals surface area contributed by atoms with Gasteiger partial charge in [0.1, 0.15) is 11.2 Å². The minimum Gasteiger partial charge on any atom is -0.455 e. The second kappa shape index (κ2) is 12.9. The minimum absolute atomic E-state index is 0.602. The molecule has 0 bridgehead atoms. The lowest BCUT2D eigenvalue weighted by Gasteiger charge is -2.13. The van der Waals surface area contributed by atoms with Crippen molar-refractivity contribution in [2.75, 3.05) is 0 Å². The third-order valence-electron chi connectivity index (χ3n) is 9.94. The van der Waals surface area contributed by atoms with Crippen molar-refractivity contribution in [2.45, 2.75) is 0 Å². The summed E-state index contributed by atoms with van der Waals surface area (Å²) >= 11 is 0. The molecule has 0 aliphatic carbocycles. The smallest absolute Gasteiger partial charge is 0.164 e. The normalized spacial score (nSPS) is 11.4. The third kappa shape index (κ3) is 5.63. The van der Waals surface area contributed by atoms with Gasteiger partial charge in [-0.15, -0.1) is 0 Å². The van der Waals surface area contributed by atoms with Gasteiger partial charge in [-0.3, -0.25) is 0 Å². The van der Waals surface area contributed by atoms with Gasteiger partial charge in [0.25, 0.3) is 0 Å². The van der Waals surface area contributed by atoms with E-state index >= 15 is 0 Å². The van der Waals surface area contributed by atoms with E-state index in [0.29, 0.717) is 17.5 Å². The van der Waals surface area contributed by atoms with Gasteiger partial charge in [-0.1, -0.05) is 158 Å². The molecule has 0 spiro atoms. The first-order valence-corrected chi connectivity index (χ1v) is 17.8. The van der Waals surface area contributed by atoms with Crippen LogP contribution in [0.25, 0.3) is 100 Å². The minimum atomic E-state index is 0.602. The van der Waals surface area contributed by atoms with Crippen molar-refractivity contribution in [3.05, 3.63) is 188 Å². The molecule has 0 fully saturated rings. The van der Waals surface area contributed by atoms with E-state index < -0.39 is 0 Å². The van der Waals surface area contributed by atoms with Gasteiger partial charge in [-0.2, -0.15) is 0 Å². The van der Waals surface area contributed by atoms with Gasteiger partial charge in [0, 0.05) is 32.8 Å². The first-order chi connectivity index (χ1) is 26.2. The maximum absolute atomic E-state index is 6.54. The molecule has 0 unspecified atom stereocenters. The summed E-state index contributed by atoms with van der Waals surface area (Å²) < 4.78 is 6.54. The first kappa shape index (κ1) is 30.6. The van der Waals surface area contributed by atoms with E-state index in [1.807, 2.05) is 30.3 Å². The standard InChI is InChI=1S/C49H31N3O/c1-4-13-32(14-5-1)35-23-25-36(26-24-35)47-50-48(39-20-12-19-37(29-39)33-15-6-2-7-16-33)52-49(51-47)44-31-43-40-21-10-11-22-45(40)53-46(43)41-28-27-38(30-42(41)44)34-17-8-3-9-18-34/h1-31H. The van der Waals surface area contributed by atoms with E-state index in [9.17, 15) is 0 Å². The van der Waals surface area contributed by atoms with Crippen LogP contribution in [0.1, 0.15) is 0 Å². The molecule has 248 valence electrons. The average molecular weight is 678 g/mol. The van der Waals surface area contributed by atoms with Crippen molar-refractivity contribution in [1.82, 2.24) is 15.0 Å². The van der Waals surface area contributed by atoms with Crippen LogP contribution in [0.4, 0.5) is 0 Å². The molecular weight excluding hydrogens is 647 g/mol. The van der Waals surface area contributed by atoms with Crippen molar-refractivity contribution in [3.8, 4) is 67.5 Å². The zero-order valence-electron chi connectivity index (χ0n) is 28.6. The molecule has 0 radical (unpaired) electrons. The molecule has 4 heteroatoms. The van der Waals surface area contributed by atoms with E-state index in [0.717, 1.165) is 82.8 Å². The summed E-state index contributed by atoms with van der Waals surface area (Å²) in [5, 5.41) is 4.10. The lowest BCUT2D eigenvalue weighted by atomic mass is 9.95. The van der Waals surface area contributed by atoms with Crippen LogP contribution in [-0.2, 0) is 0 Å². The molecule has 10 rings (SSSR count). The molecule has 53 heavy (non-hydrogen) atoms. The fourth-order valence-electron chi connectivity index (χ4n) is 7.26. The summed E-state index contributed by atoms with van der Waals surface area (Å²) in [6.45, 7) is 0. The molecule has 0 amide bonds. The molecule has 0 aliphatic rings. The fraction of sp³-hybridized carbons (Fsp3) is 0. The summed E-state index contributed by atoms with van der Waals surface area (Å²) in [5.41, 5.74) is 11.2. The van der Waals surface area contributed by atoms with E-state index in [1.54, 1.807) is 0 Å². The molecule has 4 nitrogen and oxygen atoms in total. The maximum atomic E-state index is 6.54. The highest BCUT2D eigenvalue weighted by molar-refractivity contribution is 6.19. The Hall–Kier alpha value is -7.17. The van der Waals surface area contributed by atoms with E-state index in [2.05, 4.69) is 158 Å². The van der Waals surface area contributed by atoms with E-state index in [1.165, 1.54) is 0 Å². The van der Waals surface area contributed by atoms with E-state index in [4.69, 9.17) is 19.4 Å². The van der Waals surface area contributed by atoms with Crippen molar-refractivity contribution in [3.63, 3.8) is 0 Å². The van der Waals surface area contributed by atoms with Crippen LogP contribution >= 0.6 is 0 Å². The number of fused-ring (bicyclic) bond motifs is 5. The topological polar surface area (TPSA) is 51.8 Å². The number of furan rings is 1. The molecule has 8 aromatic carbocycles. The molecule has 2 heterocycles. The Morgan fingerprint density at radius 3 is 1.47 bits per heavy atom. The van der Waals surface area contributed by atoms with Crippen molar-refractivity contribution >= 4 is 32.7 Å². The maximum Gasteiger partial charge on any atom is 0.164 e. The Balaban J connectivity index is 1.23. The Kier molecular flexibility index (Phi) is 7.43. The van der Waals surface area contributed by atoms with Gasteiger partial charge in [-0.25, -0.2) is 15.0 Å². The second-order valence-corrected chi connectivity index (χ2v) is 13.2. The number of hydrogen-bond donors (Lipinski definition) is 0. The molecule has 2 aromatic heterocycles. The average Bonchev–Trinajstić information content (AvgIpc) is 3.63. The number of nitrogens with zero attached hydrogens (tertiary/aromatic N) is 3. The Labute approximate surface area is 306 Å². The van der Waals surface area contributed by atoms with Crippen molar-refractivity contribution in [1.29, 1.82) is 0 Å². The summed E-state index contributed by atoms with van der Waals surface area (Å²) in [6.07, 6.45) is 0. The Morgan fingerprint density at radius 1 is 0.283 bits per heavy atom. The quantitative estimate of drug-likeness (QED) is 0.176. The largest absolute Gasteiger partial charge is 0.455 e. The molecule has 0 N–H and O–H groups in total. The number of hydrogen-bond acceptors (Lipinski definition) is 4. The summed E-state index contributed by atoms with van der Waals surface area (Å²) in [4.78, 5) is 15.7. The predicted octanol–water partition coefficient (Wildman–Crippen LogP) is 12.9. The Morgan fingerprint density at radius 2 is 0.774 bits per heavy atom. The molecule has 0 atom stereocenters. The van der Waals surface area contributed by atoms with Gasteiger partial charge in [-0.05, 0) is 69.1 Å². The van der Waals surface area contributed by atoms with Gasteiger partial charge < -0.3 is 4.42 Å². The van der Waals surface area contributed by atoms with Crippen LogP contribution < -0.4 is 0 Å². The molecule has 10 aromatic rings. The zero-order valence-corrected chi connectivity index (χ0v) is 28.6. The summed E-state index contributed by atoms with van der Waals surface area (Å²) in [5.74, 6) is 1.82. The highest BCUT2D eigenvalue weighted by Gasteiger charge is 2.20. The fourth-order valence-corrected chi connectivity index (χ4v) is 7.26. The zero-order chi connectivity index (χ0) is 35.1. The van der Waals surface area contributed by atoms with Crippen LogP contribution in [0.5, 0.6) is 0 Å². The van der Waals surface area contributed by atoms with Gasteiger partial charge in [0.2, 0.25) is 0 Å². The molecule has 0 saturated carbocycles. The lowest BCUT2D eigenvalue weighted by Crippen LogP contribution is -2.01. The Bertz CT molecular complexity index is 2920. The SMILES string of the molecule is c1ccc(-c2ccc(-c3nc(-c4cccc(-c5ccccc5)c4)nc(-c4cc5c6ccccc6oc5c5ccc(-c6ccccc6)cc45)n3)cc2)cc1.